The summed E-state index contributed by atoms with van der Waals surface area (Å²) in [5, 5.41) is 11.6. The molecule has 1 fully saturated rings. The topological polar surface area (TPSA) is 62.2 Å². The Hall–Kier alpha value is -1.86. The molecule has 0 atom stereocenters. The number of aliphatic hydroxyl groups excluding tert-OH is 1. The summed E-state index contributed by atoms with van der Waals surface area (Å²) in [6.45, 7) is 2.22. The van der Waals surface area contributed by atoms with Crippen molar-refractivity contribution in [3.8, 4) is 11.8 Å². The Labute approximate surface area is 113 Å². The van der Waals surface area contributed by atoms with Gasteiger partial charge in [-0.1, -0.05) is 18.8 Å². The zero-order valence-corrected chi connectivity index (χ0v) is 11.0. The van der Waals surface area contributed by atoms with Crippen molar-refractivity contribution in [2.24, 2.45) is 5.92 Å². The smallest absolute Gasteiger partial charge is 0.253 e. The molecule has 1 saturated carbocycles. The molecule has 1 aliphatic rings. The highest BCUT2D eigenvalue weighted by atomic mass is 16.2. The van der Waals surface area contributed by atoms with Crippen LogP contribution in [0.2, 0.25) is 0 Å². The second-order valence-electron chi connectivity index (χ2n) is 4.98. The molecule has 1 aliphatic carbocycles. The SMILES string of the molecule is CC1CC(NC(=O)c2cncc(C#CCCO)c2)C1. The maximum atomic E-state index is 12.0. The van der Waals surface area contributed by atoms with Gasteiger partial charge in [0.15, 0.2) is 0 Å². The van der Waals surface area contributed by atoms with Crippen LogP contribution in [-0.2, 0) is 0 Å². The number of rotatable bonds is 3. The van der Waals surface area contributed by atoms with Crippen molar-refractivity contribution < 1.29 is 9.90 Å². The lowest BCUT2D eigenvalue weighted by Crippen LogP contribution is -2.43. The number of nitrogens with zero attached hydrogens (tertiary/aromatic N) is 1. The van der Waals surface area contributed by atoms with E-state index in [9.17, 15) is 4.79 Å². The molecule has 100 valence electrons. The van der Waals surface area contributed by atoms with Gasteiger partial charge in [-0.25, -0.2) is 0 Å². The molecule has 19 heavy (non-hydrogen) atoms. The Morgan fingerprint density at radius 1 is 1.53 bits per heavy atom. The van der Waals surface area contributed by atoms with Crippen LogP contribution >= 0.6 is 0 Å². The predicted octanol–water partition coefficient (Wildman–Crippen LogP) is 1.34. The first-order chi connectivity index (χ1) is 9.19. The second-order valence-corrected chi connectivity index (χ2v) is 4.98. The molecule has 2 N–H and O–H groups in total. The average Bonchev–Trinajstić information content (AvgIpc) is 2.37. The van der Waals surface area contributed by atoms with Crippen LogP contribution in [0.25, 0.3) is 0 Å². The van der Waals surface area contributed by atoms with Gasteiger partial charge >= 0.3 is 0 Å². The van der Waals surface area contributed by atoms with Crippen molar-refractivity contribution in [1.82, 2.24) is 10.3 Å². The molecule has 0 aliphatic heterocycles. The molecule has 1 aromatic heterocycles. The van der Waals surface area contributed by atoms with Gasteiger partial charge in [0.25, 0.3) is 5.91 Å². The van der Waals surface area contributed by atoms with Crippen LogP contribution in [0.15, 0.2) is 18.5 Å². The molecule has 0 saturated heterocycles. The summed E-state index contributed by atoms with van der Waals surface area (Å²) in [5.74, 6) is 6.31. The number of hydrogen-bond acceptors (Lipinski definition) is 3. The Balaban J connectivity index is 1.98. The molecule has 1 amide bonds. The maximum Gasteiger partial charge on any atom is 0.253 e. The minimum atomic E-state index is -0.0878. The molecule has 0 unspecified atom stereocenters. The summed E-state index contributed by atoms with van der Waals surface area (Å²) in [7, 11) is 0. The van der Waals surface area contributed by atoms with E-state index in [-0.39, 0.29) is 12.5 Å². The number of carbonyl (C=O) groups excluding carboxylic acids is 1. The molecule has 0 spiro atoms. The zero-order chi connectivity index (χ0) is 13.7. The van der Waals surface area contributed by atoms with E-state index in [4.69, 9.17) is 5.11 Å². The third-order valence-corrected chi connectivity index (χ3v) is 3.18. The minimum Gasteiger partial charge on any atom is -0.395 e. The van der Waals surface area contributed by atoms with Crippen molar-refractivity contribution in [2.75, 3.05) is 6.61 Å². The van der Waals surface area contributed by atoms with E-state index in [2.05, 4.69) is 29.1 Å². The van der Waals surface area contributed by atoms with Gasteiger partial charge in [-0.05, 0) is 24.8 Å². The third kappa shape index (κ3) is 3.80. The summed E-state index contributed by atoms with van der Waals surface area (Å²) < 4.78 is 0. The van der Waals surface area contributed by atoms with Crippen LogP contribution in [0.1, 0.15) is 42.1 Å². The summed E-state index contributed by atoms with van der Waals surface area (Å²) in [6.07, 6.45) is 5.70. The Morgan fingerprint density at radius 2 is 2.32 bits per heavy atom. The number of aliphatic hydroxyl groups is 1. The number of hydrogen-bond donors (Lipinski definition) is 2. The van der Waals surface area contributed by atoms with Gasteiger partial charge in [-0.15, -0.1) is 0 Å². The molecule has 1 aromatic rings. The van der Waals surface area contributed by atoms with Crippen LogP contribution in [0.5, 0.6) is 0 Å². The normalized spacial score (nSPS) is 20.9. The minimum absolute atomic E-state index is 0.0421. The maximum absolute atomic E-state index is 12.0. The molecule has 2 rings (SSSR count). The van der Waals surface area contributed by atoms with Crippen molar-refractivity contribution in [3.05, 3.63) is 29.6 Å². The van der Waals surface area contributed by atoms with Crippen molar-refractivity contribution in [2.45, 2.75) is 32.2 Å². The quantitative estimate of drug-likeness (QED) is 0.804. The molecular formula is C15H18N2O2. The number of carbonyl (C=O) groups is 1. The van der Waals surface area contributed by atoms with Crippen LogP contribution < -0.4 is 5.32 Å². The number of nitrogens with one attached hydrogen (secondary N) is 1. The van der Waals surface area contributed by atoms with E-state index in [0.717, 1.165) is 12.8 Å². The van der Waals surface area contributed by atoms with E-state index in [1.807, 2.05) is 0 Å². The summed E-state index contributed by atoms with van der Waals surface area (Å²) in [6, 6.07) is 2.03. The Kier molecular flexibility index (Phi) is 4.53. The van der Waals surface area contributed by atoms with Gasteiger partial charge in [-0.2, -0.15) is 0 Å². The highest BCUT2D eigenvalue weighted by molar-refractivity contribution is 5.94. The average molecular weight is 258 g/mol. The monoisotopic (exact) mass is 258 g/mol. The molecule has 0 radical (unpaired) electrons. The first-order valence-electron chi connectivity index (χ1n) is 6.54. The summed E-state index contributed by atoms with van der Waals surface area (Å²) in [5.41, 5.74) is 1.23. The van der Waals surface area contributed by atoms with Crippen molar-refractivity contribution in [1.29, 1.82) is 0 Å². The van der Waals surface area contributed by atoms with E-state index >= 15 is 0 Å². The van der Waals surface area contributed by atoms with Gasteiger partial charge in [0, 0.05) is 30.4 Å². The van der Waals surface area contributed by atoms with Crippen molar-refractivity contribution >= 4 is 5.91 Å². The number of aromatic nitrogens is 1. The molecule has 4 nitrogen and oxygen atoms in total. The van der Waals surface area contributed by atoms with Gasteiger partial charge in [0.2, 0.25) is 0 Å². The lowest BCUT2D eigenvalue weighted by Gasteiger charge is -2.33. The molecule has 1 heterocycles. The fraction of sp³-hybridized carbons (Fsp3) is 0.467. The van der Waals surface area contributed by atoms with Crippen molar-refractivity contribution in [3.63, 3.8) is 0 Å². The standard InChI is InChI=1S/C15H18N2O2/c1-11-6-14(7-11)17-15(19)13-8-12(9-16-10-13)4-2-3-5-18/h8-11,14,18H,3,5-7H2,1H3,(H,17,19). The highest BCUT2D eigenvalue weighted by Gasteiger charge is 2.26. The van der Waals surface area contributed by atoms with Gasteiger partial charge in [-0.3, -0.25) is 9.78 Å². The third-order valence-electron chi connectivity index (χ3n) is 3.18. The summed E-state index contributed by atoms with van der Waals surface area (Å²) >= 11 is 0. The Morgan fingerprint density at radius 3 is 3.00 bits per heavy atom. The van der Waals surface area contributed by atoms with Gasteiger partial charge in [0.05, 0.1) is 12.2 Å². The largest absolute Gasteiger partial charge is 0.395 e. The predicted molar refractivity (Wildman–Crippen MR) is 72.5 cm³/mol. The van der Waals surface area contributed by atoms with E-state index in [0.29, 0.717) is 29.5 Å². The fourth-order valence-electron chi connectivity index (χ4n) is 2.14. The molecule has 4 heteroatoms. The van der Waals surface area contributed by atoms with E-state index in [1.165, 1.54) is 0 Å². The van der Waals surface area contributed by atoms with Gasteiger partial charge in [0.1, 0.15) is 0 Å². The molecule has 0 aromatic carbocycles. The van der Waals surface area contributed by atoms with Crippen LogP contribution in [0.3, 0.4) is 0 Å². The number of pyridine rings is 1. The Bertz CT molecular complexity index is 510. The first-order valence-corrected chi connectivity index (χ1v) is 6.54. The summed E-state index contributed by atoms with van der Waals surface area (Å²) in [4.78, 5) is 16.0. The lowest BCUT2D eigenvalue weighted by atomic mass is 9.82. The highest BCUT2D eigenvalue weighted by Crippen LogP contribution is 2.26. The molecular weight excluding hydrogens is 240 g/mol. The fourth-order valence-corrected chi connectivity index (χ4v) is 2.14. The zero-order valence-electron chi connectivity index (χ0n) is 11.0. The lowest BCUT2D eigenvalue weighted by molar-refractivity contribution is 0.0895. The van der Waals surface area contributed by atoms with Crippen LogP contribution in [-0.4, -0.2) is 28.6 Å². The van der Waals surface area contributed by atoms with E-state index in [1.54, 1.807) is 18.5 Å². The second kappa shape index (κ2) is 6.35. The first kappa shape index (κ1) is 13.6. The van der Waals surface area contributed by atoms with Crippen LogP contribution in [0.4, 0.5) is 0 Å². The molecule has 0 bridgehead atoms. The van der Waals surface area contributed by atoms with Crippen LogP contribution in [0, 0.1) is 17.8 Å². The van der Waals surface area contributed by atoms with E-state index < -0.39 is 0 Å². The number of amides is 1. The van der Waals surface area contributed by atoms with Gasteiger partial charge < -0.3 is 10.4 Å².